The van der Waals surface area contributed by atoms with Crippen LogP contribution < -0.4 is 16.0 Å². The van der Waals surface area contributed by atoms with E-state index >= 15 is 0 Å². The molecular formula is C16H18I3N3O5. The van der Waals surface area contributed by atoms with Gasteiger partial charge >= 0.3 is 5.97 Å². The molecule has 0 radical (unpaired) electrons. The van der Waals surface area contributed by atoms with Crippen molar-refractivity contribution >= 4 is 103 Å². The van der Waals surface area contributed by atoms with Gasteiger partial charge in [0.1, 0.15) is 0 Å². The zero-order valence-corrected chi connectivity index (χ0v) is 21.3. The Kier molecular flexibility index (Phi) is 10.2. The average Bonchev–Trinajstić information content (AvgIpc) is 2.55. The summed E-state index contributed by atoms with van der Waals surface area (Å²) in [5.41, 5.74) is 1.21. The van der Waals surface area contributed by atoms with Crippen molar-refractivity contribution in [2.45, 2.75) is 27.2 Å². The molecule has 148 valence electrons. The molecule has 0 saturated carbocycles. The summed E-state index contributed by atoms with van der Waals surface area (Å²) in [6.45, 7) is 4.82. The Morgan fingerprint density at radius 1 is 0.889 bits per heavy atom. The summed E-state index contributed by atoms with van der Waals surface area (Å²) < 4.78 is 6.53. The molecule has 0 bridgehead atoms. The molecule has 0 fully saturated rings. The number of esters is 1. The Balaban J connectivity index is 3.27. The van der Waals surface area contributed by atoms with Crippen LogP contribution in [-0.4, -0.2) is 36.8 Å². The Bertz CT molecular complexity index is 740. The second-order valence-corrected chi connectivity index (χ2v) is 8.48. The van der Waals surface area contributed by atoms with Gasteiger partial charge in [-0.15, -0.1) is 0 Å². The van der Waals surface area contributed by atoms with E-state index in [9.17, 15) is 19.2 Å². The first-order valence-electron chi connectivity index (χ1n) is 7.79. The molecule has 1 rings (SSSR count). The van der Waals surface area contributed by atoms with Crippen LogP contribution in [0.4, 0.5) is 11.4 Å². The maximum Gasteiger partial charge on any atom is 0.307 e. The standard InChI is InChI=1S/C16H18I3N3O5/c1-4-27-9(25)5-6-20-16(26)10-11(17)14(21-7(2)23)13(19)15(12(10)18)22-8(3)24/h4-6H2,1-3H3,(H,20,26)(H,21,23)(H,22,24). The lowest BCUT2D eigenvalue weighted by molar-refractivity contribution is -0.142. The molecule has 0 spiro atoms. The van der Waals surface area contributed by atoms with Gasteiger partial charge in [0.25, 0.3) is 5.91 Å². The Morgan fingerprint density at radius 3 is 1.78 bits per heavy atom. The number of halogens is 3. The van der Waals surface area contributed by atoms with Crippen LogP contribution in [0.1, 0.15) is 37.6 Å². The Hall–Kier alpha value is -0.710. The van der Waals surface area contributed by atoms with Crippen molar-refractivity contribution in [1.29, 1.82) is 0 Å². The molecule has 0 aliphatic heterocycles. The van der Waals surface area contributed by atoms with Crippen molar-refractivity contribution in [1.82, 2.24) is 5.32 Å². The van der Waals surface area contributed by atoms with Gasteiger partial charge in [0.15, 0.2) is 0 Å². The molecule has 11 heteroatoms. The number of anilines is 2. The molecular weight excluding hydrogens is 695 g/mol. The minimum atomic E-state index is -0.414. The third-order valence-corrected chi connectivity index (χ3v) is 6.30. The van der Waals surface area contributed by atoms with Gasteiger partial charge in [0.05, 0.1) is 40.7 Å². The van der Waals surface area contributed by atoms with Crippen LogP contribution >= 0.6 is 67.8 Å². The van der Waals surface area contributed by atoms with Gasteiger partial charge in [-0.1, -0.05) is 0 Å². The summed E-state index contributed by atoms with van der Waals surface area (Å²) in [6.07, 6.45) is 0.0498. The molecule has 0 aliphatic rings. The fourth-order valence-electron chi connectivity index (χ4n) is 2.03. The third kappa shape index (κ3) is 6.99. The average molecular weight is 713 g/mol. The number of carbonyl (C=O) groups excluding carboxylic acids is 4. The van der Waals surface area contributed by atoms with Crippen molar-refractivity contribution < 1.29 is 23.9 Å². The molecule has 8 nitrogen and oxygen atoms in total. The highest BCUT2D eigenvalue weighted by Gasteiger charge is 2.25. The molecule has 1 aromatic rings. The van der Waals surface area contributed by atoms with E-state index in [1.54, 1.807) is 6.92 Å². The molecule has 0 heterocycles. The molecule has 0 aliphatic carbocycles. The van der Waals surface area contributed by atoms with E-state index in [-0.39, 0.29) is 31.4 Å². The molecule has 0 aromatic heterocycles. The van der Waals surface area contributed by atoms with E-state index in [4.69, 9.17) is 4.74 Å². The van der Waals surface area contributed by atoms with Crippen molar-refractivity contribution in [2.24, 2.45) is 0 Å². The van der Waals surface area contributed by atoms with Gasteiger partial charge in [0, 0.05) is 20.4 Å². The van der Waals surface area contributed by atoms with Crippen LogP contribution in [0.2, 0.25) is 0 Å². The van der Waals surface area contributed by atoms with E-state index < -0.39 is 11.9 Å². The largest absolute Gasteiger partial charge is 0.466 e. The van der Waals surface area contributed by atoms with Crippen LogP contribution in [0.3, 0.4) is 0 Å². The lowest BCUT2D eigenvalue weighted by atomic mass is 10.1. The summed E-state index contributed by atoms with van der Waals surface area (Å²) in [5.74, 6) is -1.41. The second-order valence-electron chi connectivity index (χ2n) is 5.24. The van der Waals surface area contributed by atoms with Crippen LogP contribution in [-0.2, 0) is 19.1 Å². The van der Waals surface area contributed by atoms with E-state index in [0.29, 0.717) is 27.6 Å². The molecule has 1 aromatic carbocycles. The molecule has 0 atom stereocenters. The number of nitrogens with one attached hydrogen (secondary N) is 3. The first kappa shape index (κ1) is 24.3. The monoisotopic (exact) mass is 713 g/mol. The summed E-state index contributed by atoms with van der Waals surface area (Å²) in [5, 5.41) is 8.08. The summed E-state index contributed by atoms with van der Waals surface area (Å²) in [4.78, 5) is 47.3. The Morgan fingerprint density at radius 2 is 1.37 bits per heavy atom. The van der Waals surface area contributed by atoms with E-state index in [1.165, 1.54) is 13.8 Å². The first-order valence-corrected chi connectivity index (χ1v) is 11.0. The zero-order chi connectivity index (χ0) is 20.7. The molecule has 0 saturated heterocycles. The summed E-state index contributed by atoms with van der Waals surface area (Å²) in [7, 11) is 0. The Labute approximate surface area is 197 Å². The number of benzene rings is 1. The zero-order valence-electron chi connectivity index (χ0n) is 14.8. The van der Waals surface area contributed by atoms with Crippen molar-refractivity contribution in [2.75, 3.05) is 23.8 Å². The highest BCUT2D eigenvalue weighted by molar-refractivity contribution is 14.1. The highest BCUT2D eigenvalue weighted by atomic mass is 127. The van der Waals surface area contributed by atoms with Gasteiger partial charge in [-0.3, -0.25) is 19.2 Å². The van der Waals surface area contributed by atoms with Crippen LogP contribution in [0, 0.1) is 10.7 Å². The van der Waals surface area contributed by atoms with Crippen LogP contribution in [0.25, 0.3) is 0 Å². The SMILES string of the molecule is CCOC(=O)CCNC(=O)c1c(I)c(NC(C)=O)c(I)c(NC(C)=O)c1I. The lowest BCUT2D eigenvalue weighted by Crippen LogP contribution is -2.29. The van der Waals surface area contributed by atoms with E-state index in [0.717, 1.165) is 0 Å². The maximum absolute atomic E-state index is 12.7. The number of amides is 3. The normalized spacial score (nSPS) is 10.1. The van der Waals surface area contributed by atoms with Crippen molar-refractivity contribution in [3.05, 3.63) is 16.3 Å². The fourth-order valence-corrected chi connectivity index (χ4v) is 6.23. The van der Waals surface area contributed by atoms with E-state index in [2.05, 4.69) is 16.0 Å². The van der Waals surface area contributed by atoms with Crippen LogP contribution in [0.5, 0.6) is 0 Å². The number of rotatable bonds is 7. The maximum atomic E-state index is 12.7. The minimum absolute atomic E-state index is 0.0498. The van der Waals surface area contributed by atoms with Gasteiger partial charge in [-0.25, -0.2) is 0 Å². The highest BCUT2D eigenvalue weighted by Crippen LogP contribution is 2.38. The van der Waals surface area contributed by atoms with Crippen molar-refractivity contribution in [3.63, 3.8) is 0 Å². The topological polar surface area (TPSA) is 114 Å². The predicted octanol–water partition coefficient (Wildman–Crippen LogP) is 3.10. The van der Waals surface area contributed by atoms with E-state index in [1.807, 2.05) is 67.8 Å². The molecule has 3 N–H and O–H groups in total. The number of hydrogen-bond donors (Lipinski definition) is 3. The van der Waals surface area contributed by atoms with Gasteiger partial charge in [-0.05, 0) is 74.7 Å². The first-order chi connectivity index (χ1) is 12.6. The number of ether oxygens (including phenoxy) is 1. The minimum Gasteiger partial charge on any atom is -0.466 e. The molecule has 0 unspecified atom stereocenters. The molecule has 3 amide bonds. The fraction of sp³-hybridized carbons (Fsp3) is 0.375. The van der Waals surface area contributed by atoms with Gasteiger partial charge in [-0.2, -0.15) is 0 Å². The number of carbonyl (C=O) groups is 4. The summed E-state index contributed by atoms with van der Waals surface area (Å²) >= 11 is 5.97. The predicted molar refractivity (Wildman–Crippen MR) is 127 cm³/mol. The summed E-state index contributed by atoms with van der Waals surface area (Å²) in [6, 6.07) is 0. The van der Waals surface area contributed by atoms with Gasteiger partial charge in [0.2, 0.25) is 11.8 Å². The second kappa shape index (κ2) is 11.3. The smallest absolute Gasteiger partial charge is 0.307 e. The van der Waals surface area contributed by atoms with Gasteiger partial charge < -0.3 is 20.7 Å². The van der Waals surface area contributed by atoms with Crippen molar-refractivity contribution in [3.8, 4) is 0 Å². The molecule has 27 heavy (non-hydrogen) atoms. The lowest BCUT2D eigenvalue weighted by Gasteiger charge is -2.19. The number of hydrogen-bond acceptors (Lipinski definition) is 5. The quantitative estimate of drug-likeness (QED) is 0.297. The van der Waals surface area contributed by atoms with Crippen LogP contribution in [0.15, 0.2) is 0 Å². The third-order valence-electron chi connectivity index (χ3n) is 3.07.